The van der Waals surface area contributed by atoms with Crippen LogP contribution in [0, 0.1) is 29.1 Å². The molecule has 2 heterocycles. The lowest BCUT2D eigenvalue weighted by molar-refractivity contribution is -0.139. The highest BCUT2D eigenvalue weighted by Gasteiger charge is 2.33. The number of carbonyl (C=O) groups excluding carboxylic acids is 1. The first-order valence-electron chi connectivity index (χ1n) is 13.1. The van der Waals surface area contributed by atoms with Gasteiger partial charge in [0, 0.05) is 11.6 Å². The second kappa shape index (κ2) is 12.4. The number of benzene rings is 3. The van der Waals surface area contributed by atoms with Gasteiger partial charge in [0.2, 0.25) is 11.6 Å². The first-order chi connectivity index (χ1) is 21.0. The summed E-state index contributed by atoms with van der Waals surface area (Å²) >= 11 is 1.05. The second-order valence-corrected chi connectivity index (χ2v) is 10.5. The molecule has 1 aliphatic heterocycles. The maximum Gasteiger partial charge on any atom is 0.338 e. The first kappa shape index (κ1) is 30.7. The molecule has 1 aliphatic rings. The van der Waals surface area contributed by atoms with Crippen LogP contribution in [0.2, 0.25) is 0 Å². The summed E-state index contributed by atoms with van der Waals surface area (Å²) in [4.78, 5) is 31.5. The van der Waals surface area contributed by atoms with Gasteiger partial charge in [0.05, 0.1) is 35.6 Å². The Morgan fingerprint density at radius 3 is 2.34 bits per heavy atom. The number of aromatic nitrogens is 1. The van der Waals surface area contributed by atoms with Crippen molar-refractivity contribution in [2.45, 2.75) is 26.5 Å². The summed E-state index contributed by atoms with van der Waals surface area (Å²) in [5, 5.41) is 0. The van der Waals surface area contributed by atoms with Gasteiger partial charge in [-0.3, -0.25) is 9.36 Å². The Hall–Kier alpha value is -4.78. The predicted molar refractivity (Wildman–Crippen MR) is 150 cm³/mol. The van der Waals surface area contributed by atoms with Crippen molar-refractivity contribution in [2.24, 2.45) is 4.99 Å². The van der Waals surface area contributed by atoms with E-state index in [1.54, 1.807) is 19.9 Å². The largest absolute Gasteiger partial charge is 0.496 e. The van der Waals surface area contributed by atoms with Gasteiger partial charge in [-0.25, -0.2) is 23.0 Å². The van der Waals surface area contributed by atoms with Gasteiger partial charge < -0.3 is 14.2 Å². The van der Waals surface area contributed by atoms with Crippen molar-refractivity contribution in [2.75, 3.05) is 13.7 Å². The summed E-state index contributed by atoms with van der Waals surface area (Å²) in [5.41, 5.74) is 1.14. The molecule has 0 radical (unpaired) electrons. The van der Waals surface area contributed by atoms with Crippen LogP contribution in [0.3, 0.4) is 0 Å². The van der Waals surface area contributed by atoms with E-state index in [4.69, 9.17) is 14.2 Å². The molecule has 0 spiro atoms. The van der Waals surface area contributed by atoms with Crippen molar-refractivity contribution in [1.29, 1.82) is 0 Å². The van der Waals surface area contributed by atoms with Gasteiger partial charge >= 0.3 is 5.97 Å². The standard InChI is InChI=1S/C31H23F5N2O5S/c1-4-42-30(40)24-15(2)37-31-38(27(24)17-6-8-19(32)9-7-17)29(39)23(44-31)12-16-5-10-22(41-3)18(11-16)14-43-28-25(35)20(33)13-21(34)26(28)36/h5-13,27H,4,14H2,1-3H3. The van der Waals surface area contributed by atoms with Crippen LogP contribution >= 0.6 is 11.3 Å². The molecule has 1 aromatic heterocycles. The van der Waals surface area contributed by atoms with Gasteiger partial charge in [0.1, 0.15) is 18.2 Å². The minimum atomic E-state index is -1.69. The third kappa shape index (κ3) is 5.74. The van der Waals surface area contributed by atoms with Crippen LogP contribution in [0.4, 0.5) is 22.0 Å². The van der Waals surface area contributed by atoms with E-state index in [0.717, 1.165) is 11.3 Å². The molecule has 1 unspecified atom stereocenters. The van der Waals surface area contributed by atoms with Crippen LogP contribution in [0.1, 0.15) is 36.6 Å². The van der Waals surface area contributed by atoms with E-state index in [0.29, 0.717) is 16.8 Å². The second-order valence-electron chi connectivity index (χ2n) is 9.51. The molecule has 7 nitrogen and oxygen atoms in total. The Bertz CT molecular complexity index is 1960. The highest BCUT2D eigenvalue weighted by Crippen LogP contribution is 2.31. The van der Waals surface area contributed by atoms with Crippen molar-refractivity contribution in [3.8, 4) is 11.5 Å². The minimum Gasteiger partial charge on any atom is -0.496 e. The van der Waals surface area contributed by atoms with Crippen LogP contribution in [-0.2, 0) is 16.1 Å². The lowest BCUT2D eigenvalue weighted by atomic mass is 9.96. The van der Waals surface area contributed by atoms with Crippen LogP contribution < -0.4 is 24.4 Å². The van der Waals surface area contributed by atoms with Gasteiger partial charge in [-0.2, -0.15) is 8.78 Å². The molecule has 4 aromatic rings. The van der Waals surface area contributed by atoms with Crippen molar-refractivity contribution in [3.63, 3.8) is 0 Å². The van der Waals surface area contributed by atoms with E-state index in [2.05, 4.69) is 4.99 Å². The molecule has 1 atom stereocenters. The number of allylic oxidation sites excluding steroid dienone is 1. The van der Waals surface area contributed by atoms with E-state index in [-0.39, 0.29) is 38.9 Å². The molecule has 0 fully saturated rings. The van der Waals surface area contributed by atoms with Crippen LogP contribution in [0.25, 0.3) is 6.08 Å². The van der Waals surface area contributed by atoms with Gasteiger partial charge in [-0.1, -0.05) is 29.5 Å². The molecular weight excluding hydrogens is 607 g/mol. The Kier molecular flexibility index (Phi) is 8.68. The smallest absolute Gasteiger partial charge is 0.338 e. The van der Waals surface area contributed by atoms with E-state index in [9.17, 15) is 31.5 Å². The van der Waals surface area contributed by atoms with Crippen LogP contribution in [-0.4, -0.2) is 24.3 Å². The van der Waals surface area contributed by atoms with Crippen molar-refractivity contribution >= 4 is 23.4 Å². The molecule has 44 heavy (non-hydrogen) atoms. The quantitative estimate of drug-likeness (QED) is 0.154. The third-order valence-corrected chi connectivity index (χ3v) is 7.73. The monoisotopic (exact) mass is 630 g/mol. The topological polar surface area (TPSA) is 79.1 Å². The highest BCUT2D eigenvalue weighted by atomic mass is 32.1. The summed E-state index contributed by atoms with van der Waals surface area (Å²) in [6.07, 6.45) is 1.53. The minimum absolute atomic E-state index is 0.0759. The zero-order valence-corrected chi connectivity index (χ0v) is 24.2. The first-order valence-corrected chi connectivity index (χ1v) is 13.9. The fourth-order valence-corrected chi connectivity index (χ4v) is 5.78. The molecular formula is C31H23F5N2O5S. The molecule has 5 rings (SSSR count). The van der Waals surface area contributed by atoms with E-state index in [1.807, 2.05) is 0 Å². The maximum absolute atomic E-state index is 14.1. The fraction of sp³-hybridized carbons (Fsp3) is 0.194. The number of hydrogen-bond acceptors (Lipinski definition) is 7. The van der Waals surface area contributed by atoms with Gasteiger partial charge in [-0.05, 0) is 55.3 Å². The summed E-state index contributed by atoms with van der Waals surface area (Å²) in [6.45, 7) is 2.82. The number of thiazole rings is 1. The normalized spacial score (nSPS) is 14.7. The number of methoxy groups -OCH3 is 1. The Morgan fingerprint density at radius 1 is 1.02 bits per heavy atom. The van der Waals surface area contributed by atoms with Crippen molar-refractivity contribution < 1.29 is 41.0 Å². The maximum atomic E-state index is 14.1. The lowest BCUT2D eigenvalue weighted by Crippen LogP contribution is -2.39. The van der Waals surface area contributed by atoms with Gasteiger partial charge in [-0.15, -0.1) is 0 Å². The summed E-state index contributed by atoms with van der Waals surface area (Å²) in [6, 6.07) is 9.16. The van der Waals surface area contributed by atoms with Crippen LogP contribution in [0.15, 0.2) is 69.6 Å². The molecule has 0 aliphatic carbocycles. The van der Waals surface area contributed by atoms with Gasteiger partial charge in [0.25, 0.3) is 5.56 Å². The van der Waals surface area contributed by atoms with E-state index >= 15 is 0 Å². The Balaban J connectivity index is 1.58. The average molecular weight is 631 g/mol. The number of esters is 1. The molecule has 13 heteroatoms. The summed E-state index contributed by atoms with van der Waals surface area (Å²) in [5.74, 6) is -8.74. The Labute approximate surface area is 250 Å². The number of nitrogens with zero attached hydrogens (tertiary/aromatic N) is 2. The zero-order valence-electron chi connectivity index (χ0n) is 23.4. The Morgan fingerprint density at radius 2 is 1.70 bits per heavy atom. The molecule has 228 valence electrons. The summed E-state index contributed by atoms with van der Waals surface area (Å²) < 4.78 is 86.5. The van der Waals surface area contributed by atoms with Gasteiger partial charge in [0.15, 0.2) is 22.2 Å². The molecule has 3 aromatic carbocycles. The number of carbonyl (C=O) groups is 1. The summed E-state index contributed by atoms with van der Waals surface area (Å²) in [7, 11) is 1.35. The molecule has 0 saturated carbocycles. The number of ether oxygens (including phenoxy) is 3. The zero-order chi connectivity index (χ0) is 31.7. The predicted octanol–water partition coefficient (Wildman–Crippen LogP) is 5.08. The average Bonchev–Trinajstić information content (AvgIpc) is 3.29. The molecule has 0 bridgehead atoms. The molecule has 0 saturated heterocycles. The van der Waals surface area contributed by atoms with E-state index in [1.165, 1.54) is 54.2 Å². The van der Waals surface area contributed by atoms with Crippen LogP contribution in [0.5, 0.6) is 11.5 Å². The number of hydrogen-bond donors (Lipinski definition) is 0. The fourth-order valence-electron chi connectivity index (χ4n) is 4.73. The lowest BCUT2D eigenvalue weighted by Gasteiger charge is -2.24. The SMILES string of the molecule is CCOC(=O)C1=C(C)N=c2sc(=Cc3ccc(OC)c(COc4c(F)c(F)cc(F)c4F)c3)c(=O)n2C1c1ccc(F)cc1. The highest BCUT2D eigenvalue weighted by molar-refractivity contribution is 7.07. The molecule has 0 amide bonds. The number of rotatable bonds is 8. The molecule has 0 N–H and O–H groups in total. The van der Waals surface area contributed by atoms with Crippen molar-refractivity contribution in [1.82, 2.24) is 4.57 Å². The number of halogens is 5. The third-order valence-electron chi connectivity index (χ3n) is 6.75. The van der Waals surface area contributed by atoms with Crippen molar-refractivity contribution in [3.05, 3.63) is 125 Å². The number of fused-ring (bicyclic) bond motifs is 1. The van der Waals surface area contributed by atoms with E-state index < -0.39 is 59.0 Å².